The van der Waals surface area contributed by atoms with Gasteiger partial charge in [-0.2, -0.15) is 0 Å². The molecular weight excluding hydrogens is 599 g/mol. The third-order valence-electron chi connectivity index (χ3n) is 9.68. The third kappa shape index (κ3) is 4.61. The molecule has 0 atom stereocenters. The number of rotatable bonds is 5. The summed E-state index contributed by atoms with van der Waals surface area (Å²) in [6.45, 7) is 0. The van der Waals surface area contributed by atoms with Gasteiger partial charge in [0.25, 0.3) is 0 Å². The molecule has 1 aliphatic rings. The van der Waals surface area contributed by atoms with Crippen molar-refractivity contribution >= 4 is 28.1 Å². The highest BCUT2D eigenvalue weighted by molar-refractivity contribution is 5.92. The van der Waals surface area contributed by atoms with Crippen LogP contribution in [-0.2, 0) is 5.41 Å². The molecule has 0 spiro atoms. The minimum atomic E-state index is -0.615. The molecule has 6 aromatic carbocycles. The van der Waals surface area contributed by atoms with Crippen LogP contribution in [0, 0.1) is 0 Å². The predicted molar refractivity (Wildman–Crippen MR) is 199 cm³/mol. The molecule has 2 aromatic heterocycles. The van der Waals surface area contributed by atoms with Crippen LogP contribution in [0.1, 0.15) is 22.3 Å². The van der Waals surface area contributed by atoms with Gasteiger partial charge in [-0.3, -0.25) is 4.90 Å². The van der Waals surface area contributed by atoms with Crippen molar-refractivity contribution in [3.8, 4) is 28.1 Å². The summed E-state index contributed by atoms with van der Waals surface area (Å²) >= 11 is 0. The first-order valence-corrected chi connectivity index (χ1v) is 16.5. The minimum Gasteiger partial charge on any atom is -0.506 e. The second-order valence-corrected chi connectivity index (χ2v) is 12.4. The van der Waals surface area contributed by atoms with E-state index in [1.54, 1.807) is 6.07 Å². The number of hydrogen-bond acceptors (Lipinski definition) is 4. The van der Waals surface area contributed by atoms with E-state index in [9.17, 15) is 5.11 Å². The van der Waals surface area contributed by atoms with Crippen LogP contribution in [0.25, 0.3) is 33.3 Å². The first-order chi connectivity index (χ1) is 24.2. The Morgan fingerprint density at radius 2 is 1.16 bits per heavy atom. The maximum absolute atomic E-state index is 10.7. The van der Waals surface area contributed by atoms with Crippen molar-refractivity contribution in [2.24, 2.45) is 0 Å². The molecule has 0 fully saturated rings. The third-order valence-corrected chi connectivity index (χ3v) is 9.68. The molecule has 0 aliphatic carbocycles. The van der Waals surface area contributed by atoms with Gasteiger partial charge in [-0.1, -0.05) is 140 Å². The number of hydrogen-bond donors (Lipinski definition) is 1. The zero-order valence-corrected chi connectivity index (χ0v) is 26.6. The molecular formula is C45H31N3O. The summed E-state index contributed by atoms with van der Waals surface area (Å²) in [6.07, 6.45) is 1.90. The highest BCUT2D eigenvalue weighted by Crippen LogP contribution is 2.58. The van der Waals surface area contributed by atoms with E-state index in [1.165, 1.54) is 16.7 Å². The van der Waals surface area contributed by atoms with E-state index in [2.05, 4.69) is 144 Å². The van der Waals surface area contributed by atoms with Gasteiger partial charge in [-0.25, -0.2) is 9.97 Å². The van der Waals surface area contributed by atoms with Crippen LogP contribution in [0.4, 0.5) is 17.2 Å². The molecule has 0 saturated carbocycles. The smallest absolute Gasteiger partial charge is 0.141 e. The van der Waals surface area contributed by atoms with Crippen LogP contribution in [0.15, 0.2) is 182 Å². The lowest BCUT2D eigenvalue weighted by Crippen LogP contribution is -2.38. The van der Waals surface area contributed by atoms with Gasteiger partial charge in [0, 0.05) is 17.1 Å². The summed E-state index contributed by atoms with van der Waals surface area (Å²) in [5.41, 5.74) is 10.7. The van der Waals surface area contributed by atoms with Gasteiger partial charge in [0.1, 0.15) is 17.1 Å². The monoisotopic (exact) mass is 629 g/mol. The van der Waals surface area contributed by atoms with Crippen molar-refractivity contribution < 1.29 is 5.11 Å². The number of aromatic hydroxyl groups is 1. The number of phenols is 1. The van der Waals surface area contributed by atoms with Gasteiger partial charge in [0.15, 0.2) is 0 Å². The maximum Gasteiger partial charge on any atom is 0.141 e. The number of para-hydroxylation sites is 2. The molecule has 232 valence electrons. The Morgan fingerprint density at radius 1 is 0.490 bits per heavy atom. The summed E-state index contributed by atoms with van der Waals surface area (Å²) in [6, 6.07) is 61.2. The first kappa shape index (κ1) is 28.7. The molecule has 49 heavy (non-hydrogen) atoms. The summed E-state index contributed by atoms with van der Waals surface area (Å²) < 4.78 is 0. The highest BCUT2D eigenvalue weighted by Gasteiger charge is 2.46. The zero-order chi connectivity index (χ0) is 32.8. The van der Waals surface area contributed by atoms with Crippen molar-refractivity contribution in [2.75, 3.05) is 4.90 Å². The van der Waals surface area contributed by atoms with Crippen molar-refractivity contribution in [1.29, 1.82) is 0 Å². The van der Waals surface area contributed by atoms with Crippen LogP contribution in [0.3, 0.4) is 0 Å². The molecule has 4 nitrogen and oxygen atoms in total. The Labute approximate surface area is 285 Å². The Bertz CT molecular complexity index is 2420. The molecule has 9 rings (SSSR count). The molecule has 0 saturated heterocycles. The zero-order valence-electron chi connectivity index (χ0n) is 26.6. The predicted octanol–water partition coefficient (Wildman–Crippen LogP) is 10.8. The van der Waals surface area contributed by atoms with Crippen molar-refractivity contribution in [3.05, 3.63) is 204 Å². The normalized spacial score (nSPS) is 13.1. The van der Waals surface area contributed by atoms with E-state index < -0.39 is 5.41 Å². The molecule has 1 N–H and O–H groups in total. The Kier molecular flexibility index (Phi) is 6.80. The van der Waals surface area contributed by atoms with Gasteiger partial charge in [0.2, 0.25) is 0 Å². The fraction of sp³-hybridized carbons (Fsp3) is 0.0222. The van der Waals surface area contributed by atoms with E-state index in [4.69, 9.17) is 9.97 Å². The Hall–Kier alpha value is -6.52. The lowest BCUT2D eigenvalue weighted by atomic mass is 9.62. The largest absolute Gasteiger partial charge is 0.506 e. The van der Waals surface area contributed by atoms with Crippen molar-refractivity contribution in [1.82, 2.24) is 9.97 Å². The lowest BCUT2D eigenvalue weighted by Gasteiger charge is -2.46. The number of aromatic nitrogens is 2. The topological polar surface area (TPSA) is 49.2 Å². The van der Waals surface area contributed by atoms with E-state index in [1.807, 2.05) is 36.5 Å². The SMILES string of the molecule is Oc1cccc2ccc(-c3ccc4c(c3)N(c3cc(-c5ccccc5)ccn3)c3ccccc3C4(c3ccccc3)c3ccccc3)nc12. The summed E-state index contributed by atoms with van der Waals surface area (Å²) in [7, 11) is 0. The minimum absolute atomic E-state index is 0.168. The van der Waals surface area contributed by atoms with Crippen LogP contribution < -0.4 is 4.90 Å². The Morgan fingerprint density at radius 3 is 1.92 bits per heavy atom. The molecule has 1 aliphatic heterocycles. The molecule has 0 bridgehead atoms. The van der Waals surface area contributed by atoms with Gasteiger partial charge in [-0.15, -0.1) is 0 Å². The Balaban J connectivity index is 1.36. The number of anilines is 3. The molecule has 3 heterocycles. The second-order valence-electron chi connectivity index (χ2n) is 12.4. The molecule has 0 radical (unpaired) electrons. The lowest BCUT2D eigenvalue weighted by molar-refractivity contribution is 0.480. The van der Waals surface area contributed by atoms with Crippen LogP contribution >= 0.6 is 0 Å². The fourth-order valence-electron chi connectivity index (χ4n) is 7.51. The number of fused-ring (bicyclic) bond motifs is 3. The van der Waals surface area contributed by atoms with Gasteiger partial charge in [0.05, 0.1) is 22.5 Å². The summed E-state index contributed by atoms with van der Waals surface area (Å²) in [5.74, 6) is 0.994. The second kappa shape index (κ2) is 11.6. The van der Waals surface area contributed by atoms with E-state index >= 15 is 0 Å². The number of benzene rings is 6. The standard InChI is InChI=1S/C45H31N3O/c49-42-22-12-15-32-24-26-39(47-44(32)42)34-23-25-38-41(29-34)48(43-30-33(27-28-46-43)31-13-4-1-5-14-31)40-21-11-10-20-37(40)45(38,35-16-6-2-7-17-35)36-18-8-3-9-19-36/h1-30,49H. The fourth-order valence-corrected chi connectivity index (χ4v) is 7.51. The van der Waals surface area contributed by atoms with Crippen LogP contribution in [0.2, 0.25) is 0 Å². The average Bonchev–Trinajstić information content (AvgIpc) is 3.18. The van der Waals surface area contributed by atoms with Crippen molar-refractivity contribution in [3.63, 3.8) is 0 Å². The maximum atomic E-state index is 10.7. The van der Waals surface area contributed by atoms with E-state index in [-0.39, 0.29) is 5.75 Å². The quantitative estimate of drug-likeness (QED) is 0.206. The average molecular weight is 630 g/mol. The van der Waals surface area contributed by atoms with Crippen LogP contribution in [-0.4, -0.2) is 15.1 Å². The summed E-state index contributed by atoms with van der Waals surface area (Å²) in [4.78, 5) is 12.3. The summed E-state index contributed by atoms with van der Waals surface area (Å²) in [5, 5.41) is 11.6. The van der Waals surface area contributed by atoms with Crippen molar-refractivity contribution in [2.45, 2.75) is 5.41 Å². The van der Waals surface area contributed by atoms with E-state index in [0.29, 0.717) is 5.52 Å². The molecule has 8 aromatic rings. The first-order valence-electron chi connectivity index (χ1n) is 16.5. The van der Waals surface area contributed by atoms with E-state index in [0.717, 1.165) is 50.5 Å². The van der Waals surface area contributed by atoms with Gasteiger partial charge < -0.3 is 5.11 Å². The van der Waals surface area contributed by atoms with Gasteiger partial charge in [-0.05, 0) is 69.8 Å². The van der Waals surface area contributed by atoms with Gasteiger partial charge >= 0.3 is 0 Å². The number of nitrogens with zero attached hydrogens (tertiary/aromatic N) is 3. The number of phenolic OH excluding ortho intramolecular Hbond substituents is 1. The molecule has 0 amide bonds. The molecule has 0 unspecified atom stereocenters. The number of pyridine rings is 2. The highest BCUT2D eigenvalue weighted by atomic mass is 16.3. The molecule has 4 heteroatoms. The van der Waals surface area contributed by atoms with Crippen LogP contribution in [0.5, 0.6) is 5.75 Å².